The molecule has 0 aliphatic rings. The number of alkyl halides is 1. The summed E-state index contributed by atoms with van der Waals surface area (Å²) in [6.45, 7) is 11.0. The van der Waals surface area contributed by atoms with Crippen LogP contribution in [0.1, 0.15) is 31.1 Å². The number of Topliss-reactive ketones (excluding diaryl/α,β-unsaturated/α-hetero) is 1. The van der Waals surface area contributed by atoms with Gasteiger partial charge in [0.1, 0.15) is 11.5 Å². The molecule has 20 heavy (non-hydrogen) atoms. The van der Waals surface area contributed by atoms with Crippen molar-refractivity contribution in [1.82, 2.24) is 0 Å². The Balaban J connectivity index is 3.09. The minimum atomic E-state index is -1.88. The molecule has 1 aromatic rings. The molecule has 0 aliphatic carbocycles. The van der Waals surface area contributed by atoms with Crippen LogP contribution >= 0.6 is 15.9 Å². The predicted octanol–water partition coefficient (Wildman–Crippen LogP) is 4.66. The van der Waals surface area contributed by atoms with E-state index >= 15 is 0 Å². The maximum atomic E-state index is 11.8. The van der Waals surface area contributed by atoms with Crippen molar-refractivity contribution in [2.75, 3.05) is 12.4 Å². The Labute approximate surface area is 130 Å². The van der Waals surface area contributed by atoms with Gasteiger partial charge >= 0.3 is 0 Å². The Bertz CT molecular complexity index is 492. The van der Waals surface area contributed by atoms with E-state index in [0.29, 0.717) is 11.3 Å². The first-order chi connectivity index (χ1) is 9.12. The van der Waals surface area contributed by atoms with Crippen molar-refractivity contribution in [2.24, 2.45) is 0 Å². The highest BCUT2D eigenvalue weighted by atomic mass is 79.9. The van der Waals surface area contributed by atoms with Gasteiger partial charge in [0, 0.05) is 6.07 Å². The third-order valence-electron chi connectivity index (χ3n) is 3.77. The van der Waals surface area contributed by atoms with Gasteiger partial charge in [-0.3, -0.25) is 4.79 Å². The predicted molar refractivity (Wildman–Crippen MR) is 88.9 cm³/mol. The minimum Gasteiger partial charge on any atom is -0.543 e. The van der Waals surface area contributed by atoms with E-state index < -0.39 is 8.32 Å². The van der Waals surface area contributed by atoms with Gasteiger partial charge < -0.3 is 9.16 Å². The summed E-state index contributed by atoms with van der Waals surface area (Å²) in [6.07, 6.45) is 0. The first-order valence-corrected chi connectivity index (χ1v) is 10.6. The summed E-state index contributed by atoms with van der Waals surface area (Å²) < 4.78 is 11.5. The lowest BCUT2D eigenvalue weighted by atomic mass is 10.1. The number of halogens is 1. The minimum absolute atomic E-state index is 0.000673. The highest BCUT2D eigenvalue weighted by Gasteiger charge is 2.39. The summed E-state index contributed by atoms with van der Waals surface area (Å²) >= 11 is 3.18. The van der Waals surface area contributed by atoms with Crippen molar-refractivity contribution in [1.29, 1.82) is 0 Å². The molecular formula is C15H23BrO3Si. The van der Waals surface area contributed by atoms with Gasteiger partial charge in [-0.2, -0.15) is 0 Å². The lowest BCUT2D eigenvalue weighted by Gasteiger charge is -2.36. The van der Waals surface area contributed by atoms with Gasteiger partial charge in [0.15, 0.2) is 5.78 Å². The van der Waals surface area contributed by atoms with E-state index in [2.05, 4.69) is 49.8 Å². The second-order valence-corrected chi connectivity index (χ2v) is 11.6. The number of hydrogen-bond acceptors (Lipinski definition) is 3. The van der Waals surface area contributed by atoms with Gasteiger partial charge in [-0.1, -0.05) is 36.7 Å². The first kappa shape index (κ1) is 17.2. The van der Waals surface area contributed by atoms with Crippen molar-refractivity contribution >= 4 is 30.0 Å². The summed E-state index contributed by atoms with van der Waals surface area (Å²) in [5.74, 6) is 1.32. The molecule has 112 valence electrons. The van der Waals surface area contributed by atoms with Crippen molar-refractivity contribution in [2.45, 2.75) is 38.9 Å². The molecule has 0 bridgehead atoms. The fraction of sp³-hybridized carbons (Fsp3) is 0.533. The second-order valence-electron chi connectivity index (χ2n) is 6.28. The van der Waals surface area contributed by atoms with Crippen LogP contribution in [0.2, 0.25) is 18.1 Å². The summed E-state index contributed by atoms with van der Waals surface area (Å²) in [5.41, 5.74) is 0.576. The van der Waals surface area contributed by atoms with Gasteiger partial charge in [0.05, 0.1) is 18.0 Å². The highest BCUT2D eigenvalue weighted by molar-refractivity contribution is 9.09. The fourth-order valence-electron chi connectivity index (χ4n) is 1.49. The van der Waals surface area contributed by atoms with Crippen LogP contribution in [0.3, 0.4) is 0 Å². The lowest BCUT2D eigenvalue weighted by molar-refractivity contribution is 0.102. The van der Waals surface area contributed by atoms with Gasteiger partial charge in [-0.15, -0.1) is 0 Å². The fourth-order valence-corrected chi connectivity index (χ4v) is 2.81. The smallest absolute Gasteiger partial charge is 0.250 e. The molecule has 0 fully saturated rings. The summed E-state index contributed by atoms with van der Waals surface area (Å²) in [5, 5.41) is 0.413. The van der Waals surface area contributed by atoms with Crippen LogP contribution in [-0.4, -0.2) is 26.5 Å². The zero-order chi connectivity index (χ0) is 15.6. The molecule has 0 saturated heterocycles. The molecule has 0 amide bonds. The van der Waals surface area contributed by atoms with E-state index in [1.165, 1.54) is 0 Å². The van der Waals surface area contributed by atoms with Gasteiger partial charge in [0.25, 0.3) is 0 Å². The summed E-state index contributed by atoms with van der Waals surface area (Å²) in [4.78, 5) is 11.8. The zero-order valence-electron chi connectivity index (χ0n) is 13.0. The molecular weight excluding hydrogens is 336 g/mol. The molecule has 5 heteroatoms. The van der Waals surface area contributed by atoms with Crippen LogP contribution in [-0.2, 0) is 0 Å². The van der Waals surface area contributed by atoms with Crippen molar-refractivity contribution in [3.05, 3.63) is 23.8 Å². The maximum Gasteiger partial charge on any atom is 0.250 e. The lowest BCUT2D eigenvalue weighted by Crippen LogP contribution is -2.43. The number of methoxy groups -OCH3 is 1. The van der Waals surface area contributed by atoms with Crippen LogP contribution in [0.4, 0.5) is 0 Å². The molecule has 0 saturated carbocycles. The maximum absolute atomic E-state index is 11.8. The Morgan fingerprint density at radius 2 is 1.90 bits per heavy atom. The van der Waals surface area contributed by atoms with E-state index in [9.17, 15) is 4.79 Å². The number of ether oxygens (including phenoxy) is 1. The highest BCUT2D eigenvalue weighted by Crippen LogP contribution is 2.38. The number of benzene rings is 1. The molecule has 0 heterocycles. The topological polar surface area (TPSA) is 35.5 Å². The Hall–Kier alpha value is -0.813. The Morgan fingerprint density at radius 3 is 2.35 bits per heavy atom. The molecule has 0 N–H and O–H groups in total. The van der Waals surface area contributed by atoms with Crippen LogP contribution in [0.5, 0.6) is 11.5 Å². The molecule has 0 aliphatic heterocycles. The summed E-state index contributed by atoms with van der Waals surface area (Å²) in [6, 6.07) is 5.42. The second kappa shape index (κ2) is 6.31. The number of hydrogen-bond donors (Lipinski definition) is 0. The number of carbonyl (C=O) groups excluding carboxylic acids is 1. The average molecular weight is 359 g/mol. The normalized spacial score (nSPS) is 12.2. The number of carbonyl (C=O) groups is 1. The van der Waals surface area contributed by atoms with Crippen molar-refractivity contribution < 1.29 is 14.0 Å². The average Bonchev–Trinajstić information content (AvgIpc) is 2.35. The van der Waals surface area contributed by atoms with Crippen LogP contribution < -0.4 is 9.16 Å². The SMILES string of the molecule is COc1cc(O[Si](C)(C)C(C)(C)C)ccc1C(=O)CBr. The van der Waals surface area contributed by atoms with Gasteiger partial charge in [-0.25, -0.2) is 0 Å². The van der Waals surface area contributed by atoms with Gasteiger partial charge in [-0.05, 0) is 30.3 Å². The molecule has 0 unspecified atom stereocenters. The van der Waals surface area contributed by atoms with E-state index in [4.69, 9.17) is 9.16 Å². The molecule has 0 aromatic heterocycles. The van der Waals surface area contributed by atoms with E-state index in [0.717, 1.165) is 5.75 Å². The van der Waals surface area contributed by atoms with Gasteiger partial charge in [0.2, 0.25) is 8.32 Å². The zero-order valence-corrected chi connectivity index (χ0v) is 15.6. The van der Waals surface area contributed by atoms with Crippen LogP contribution in [0, 0.1) is 0 Å². The van der Waals surface area contributed by atoms with E-state index in [-0.39, 0.29) is 16.2 Å². The van der Waals surface area contributed by atoms with E-state index in [1.54, 1.807) is 19.2 Å². The monoisotopic (exact) mass is 358 g/mol. The number of rotatable bonds is 5. The van der Waals surface area contributed by atoms with Crippen LogP contribution in [0.25, 0.3) is 0 Å². The van der Waals surface area contributed by atoms with Crippen LogP contribution in [0.15, 0.2) is 18.2 Å². The molecule has 0 spiro atoms. The molecule has 0 radical (unpaired) electrons. The first-order valence-electron chi connectivity index (χ1n) is 6.58. The molecule has 0 atom stereocenters. The van der Waals surface area contributed by atoms with Crippen molar-refractivity contribution in [3.63, 3.8) is 0 Å². The molecule has 1 rings (SSSR count). The third-order valence-corrected chi connectivity index (χ3v) is 8.64. The van der Waals surface area contributed by atoms with Crippen molar-refractivity contribution in [3.8, 4) is 11.5 Å². The molecule has 3 nitrogen and oxygen atoms in total. The quantitative estimate of drug-likeness (QED) is 0.436. The Kier molecular flexibility index (Phi) is 5.44. The molecule has 1 aromatic carbocycles. The van der Waals surface area contributed by atoms with E-state index in [1.807, 2.05) is 6.07 Å². The Morgan fingerprint density at radius 1 is 1.30 bits per heavy atom. The largest absolute Gasteiger partial charge is 0.543 e. The third kappa shape index (κ3) is 3.85. The standard InChI is InChI=1S/C15H23BrO3Si/c1-15(2,3)20(5,6)19-11-7-8-12(13(17)10-16)14(9-11)18-4/h7-9H,10H2,1-6H3. The number of ketones is 1. The summed E-state index contributed by atoms with van der Waals surface area (Å²) in [7, 11) is -0.318.